The lowest BCUT2D eigenvalue weighted by Gasteiger charge is -2.27. The highest BCUT2D eigenvalue weighted by Crippen LogP contribution is 2.47. The molecule has 0 aromatic heterocycles. The minimum absolute atomic E-state index is 0.00306. The quantitative estimate of drug-likeness (QED) is 0.706. The van der Waals surface area contributed by atoms with Gasteiger partial charge in [0, 0.05) is 33.1 Å². The first kappa shape index (κ1) is 14.3. The number of carbonyl (C=O) groups is 2. The van der Waals surface area contributed by atoms with Gasteiger partial charge in [-0.15, -0.1) is 0 Å². The summed E-state index contributed by atoms with van der Waals surface area (Å²) >= 11 is 0. The van der Waals surface area contributed by atoms with Crippen LogP contribution in [-0.4, -0.2) is 43.4 Å². The Morgan fingerprint density at radius 2 is 1.95 bits per heavy atom. The standard InChI is InChI=1S/C14H25N3O2/c1-17(2)11(18)4-3-7-16-14(19)12-9-5-6-10(8-9)13(12)15/h9-10,12-13H,3-8,15H2,1-2H3,(H,16,19). The van der Waals surface area contributed by atoms with Gasteiger partial charge in [-0.05, 0) is 37.5 Å². The Hall–Kier alpha value is -1.10. The third-order valence-electron chi connectivity index (χ3n) is 4.65. The van der Waals surface area contributed by atoms with E-state index in [-0.39, 0.29) is 23.8 Å². The van der Waals surface area contributed by atoms with Crippen LogP contribution in [0.3, 0.4) is 0 Å². The van der Waals surface area contributed by atoms with Crippen molar-refractivity contribution in [3.8, 4) is 0 Å². The largest absolute Gasteiger partial charge is 0.356 e. The predicted octanol–water partition coefficient (Wildman–Crippen LogP) is 0.344. The zero-order valence-corrected chi connectivity index (χ0v) is 11.9. The van der Waals surface area contributed by atoms with Crippen LogP contribution in [0.15, 0.2) is 0 Å². The maximum atomic E-state index is 12.1. The SMILES string of the molecule is CN(C)C(=O)CCCNC(=O)C1C2CCC(C2)C1N. The van der Waals surface area contributed by atoms with Crippen molar-refractivity contribution in [3.05, 3.63) is 0 Å². The Morgan fingerprint density at radius 3 is 2.53 bits per heavy atom. The van der Waals surface area contributed by atoms with Crippen molar-refractivity contribution in [1.29, 1.82) is 0 Å². The Bertz CT molecular complexity index is 355. The molecule has 0 aromatic carbocycles. The minimum Gasteiger partial charge on any atom is -0.356 e. The van der Waals surface area contributed by atoms with Crippen LogP contribution in [0.25, 0.3) is 0 Å². The van der Waals surface area contributed by atoms with Crippen molar-refractivity contribution in [2.24, 2.45) is 23.5 Å². The summed E-state index contributed by atoms with van der Waals surface area (Å²) in [4.78, 5) is 25.1. The van der Waals surface area contributed by atoms with Crippen molar-refractivity contribution in [2.45, 2.75) is 38.1 Å². The fourth-order valence-electron chi connectivity index (χ4n) is 3.52. The lowest BCUT2D eigenvalue weighted by molar-refractivity contribution is -0.130. The molecule has 4 unspecified atom stereocenters. The molecular weight excluding hydrogens is 242 g/mol. The summed E-state index contributed by atoms with van der Waals surface area (Å²) < 4.78 is 0. The van der Waals surface area contributed by atoms with E-state index in [9.17, 15) is 9.59 Å². The molecule has 0 spiro atoms. The monoisotopic (exact) mass is 267 g/mol. The van der Waals surface area contributed by atoms with E-state index in [4.69, 9.17) is 5.73 Å². The molecule has 2 amide bonds. The van der Waals surface area contributed by atoms with Crippen molar-refractivity contribution < 1.29 is 9.59 Å². The summed E-state index contributed by atoms with van der Waals surface area (Å²) in [6, 6.07) is 0.0437. The van der Waals surface area contributed by atoms with Crippen LogP contribution >= 0.6 is 0 Å². The number of carbonyl (C=O) groups excluding carboxylic acids is 2. The van der Waals surface area contributed by atoms with E-state index >= 15 is 0 Å². The Kier molecular flexibility index (Phi) is 4.45. The third kappa shape index (κ3) is 3.08. The molecule has 2 aliphatic carbocycles. The van der Waals surface area contributed by atoms with E-state index in [1.165, 1.54) is 6.42 Å². The van der Waals surface area contributed by atoms with Crippen LogP contribution in [0.4, 0.5) is 0 Å². The van der Waals surface area contributed by atoms with Gasteiger partial charge in [0.05, 0.1) is 5.92 Å². The summed E-state index contributed by atoms with van der Waals surface area (Å²) in [5, 5.41) is 2.94. The van der Waals surface area contributed by atoms with Gasteiger partial charge < -0.3 is 16.0 Å². The fraction of sp³-hybridized carbons (Fsp3) is 0.857. The topological polar surface area (TPSA) is 75.4 Å². The average Bonchev–Trinajstić information content (AvgIpc) is 2.94. The van der Waals surface area contributed by atoms with Crippen LogP contribution in [-0.2, 0) is 9.59 Å². The molecule has 2 saturated carbocycles. The van der Waals surface area contributed by atoms with E-state index in [0.717, 1.165) is 12.8 Å². The van der Waals surface area contributed by atoms with Gasteiger partial charge in [-0.1, -0.05) is 0 Å². The molecule has 108 valence electrons. The number of rotatable bonds is 5. The molecule has 2 fully saturated rings. The predicted molar refractivity (Wildman–Crippen MR) is 73.2 cm³/mol. The Labute approximate surface area is 114 Å². The number of nitrogens with one attached hydrogen (secondary N) is 1. The highest BCUT2D eigenvalue weighted by Gasteiger charge is 2.48. The van der Waals surface area contributed by atoms with Gasteiger partial charge in [0.1, 0.15) is 0 Å². The van der Waals surface area contributed by atoms with Crippen LogP contribution in [0.2, 0.25) is 0 Å². The number of nitrogens with zero attached hydrogens (tertiary/aromatic N) is 1. The second-order valence-corrected chi connectivity index (χ2v) is 6.12. The zero-order chi connectivity index (χ0) is 14.0. The lowest BCUT2D eigenvalue weighted by atomic mass is 9.84. The summed E-state index contributed by atoms with van der Waals surface area (Å²) in [6.45, 7) is 0.568. The van der Waals surface area contributed by atoms with Crippen LogP contribution in [0, 0.1) is 17.8 Å². The van der Waals surface area contributed by atoms with E-state index in [1.54, 1.807) is 19.0 Å². The molecule has 0 aromatic rings. The Morgan fingerprint density at radius 1 is 1.26 bits per heavy atom. The zero-order valence-electron chi connectivity index (χ0n) is 11.9. The number of amides is 2. The third-order valence-corrected chi connectivity index (χ3v) is 4.65. The van der Waals surface area contributed by atoms with E-state index in [1.807, 2.05) is 0 Å². The van der Waals surface area contributed by atoms with Gasteiger partial charge in [0.25, 0.3) is 0 Å². The van der Waals surface area contributed by atoms with Crippen LogP contribution in [0.1, 0.15) is 32.1 Å². The minimum atomic E-state index is 0.00306. The molecule has 2 bridgehead atoms. The molecule has 4 atom stereocenters. The summed E-state index contributed by atoms with van der Waals surface area (Å²) in [5.74, 6) is 1.24. The van der Waals surface area contributed by atoms with E-state index < -0.39 is 0 Å². The average molecular weight is 267 g/mol. The molecule has 5 nitrogen and oxygen atoms in total. The van der Waals surface area contributed by atoms with Gasteiger partial charge in [-0.2, -0.15) is 0 Å². The smallest absolute Gasteiger partial charge is 0.224 e. The Balaban J connectivity index is 1.69. The lowest BCUT2D eigenvalue weighted by Crippen LogP contribution is -2.45. The molecule has 5 heteroatoms. The maximum Gasteiger partial charge on any atom is 0.224 e. The molecule has 0 aliphatic heterocycles. The van der Waals surface area contributed by atoms with E-state index in [0.29, 0.717) is 31.2 Å². The van der Waals surface area contributed by atoms with Crippen molar-refractivity contribution >= 4 is 11.8 Å². The molecular formula is C14H25N3O2. The fourth-order valence-corrected chi connectivity index (χ4v) is 3.52. The highest BCUT2D eigenvalue weighted by atomic mass is 16.2. The highest BCUT2D eigenvalue weighted by molar-refractivity contribution is 5.80. The molecule has 0 heterocycles. The van der Waals surface area contributed by atoms with Gasteiger partial charge in [0.2, 0.25) is 11.8 Å². The van der Waals surface area contributed by atoms with Crippen LogP contribution in [0.5, 0.6) is 0 Å². The molecule has 2 aliphatic rings. The second-order valence-electron chi connectivity index (χ2n) is 6.12. The second kappa shape index (κ2) is 5.90. The van der Waals surface area contributed by atoms with Crippen molar-refractivity contribution in [3.63, 3.8) is 0 Å². The van der Waals surface area contributed by atoms with Gasteiger partial charge in [-0.3, -0.25) is 9.59 Å². The van der Waals surface area contributed by atoms with Crippen LogP contribution < -0.4 is 11.1 Å². The van der Waals surface area contributed by atoms with Gasteiger partial charge in [0.15, 0.2) is 0 Å². The van der Waals surface area contributed by atoms with E-state index in [2.05, 4.69) is 5.32 Å². The molecule has 0 saturated heterocycles. The summed E-state index contributed by atoms with van der Waals surface area (Å²) in [6.07, 6.45) is 4.63. The summed E-state index contributed by atoms with van der Waals surface area (Å²) in [7, 11) is 3.49. The number of hydrogen-bond donors (Lipinski definition) is 2. The summed E-state index contributed by atoms with van der Waals surface area (Å²) in [5.41, 5.74) is 6.14. The van der Waals surface area contributed by atoms with Crippen molar-refractivity contribution in [1.82, 2.24) is 10.2 Å². The molecule has 19 heavy (non-hydrogen) atoms. The number of fused-ring (bicyclic) bond motifs is 2. The van der Waals surface area contributed by atoms with Gasteiger partial charge >= 0.3 is 0 Å². The van der Waals surface area contributed by atoms with Crippen molar-refractivity contribution in [2.75, 3.05) is 20.6 Å². The van der Waals surface area contributed by atoms with Gasteiger partial charge in [-0.25, -0.2) is 0 Å². The first-order valence-corrected chi connectivity index (χ1v) is 7.24. The normalized spacial score (nSPS) is 32.4. The number of hydrogen-bond acceptors (Lipinski definition) is 3. The molecule has 3 N–H and O–H groups in total. The molecule has 2 rings (SSSR count). The first-order valence-electron chi connectivity index (χ1n) is 7.24. The first-order chi connectivity index (χ1) is 9.00. The maximum absolute atomic E-state index is 12.1. The molecule has 0 radical (unpaired) electrons. The number of nitrogens with two attached hydrogens (primary N) is 1.